The average Bonchev–Trinajstić information content (AvgIpc) is 3.01. The minimum absolute atomic E-state index is 0.259. The van der Waals surface area contributed by atoms with Crippen molar-refractivity contribution in [3.63, 3.8) is 0 Å². The van der Waals surface area contributed by atoms with Crippen LogP contribution in [-0.2, 0) is 6.42 Å². The van der Waals surface area contributed by atoms with E-state index in [1.807, 2.05) is 0 Å². The van der Waals surface area contributed by atoms with Crippen LogP contribution in [0.5, 0.6) is 0 Å². The number of benzene rings is 3. The fourth-order valence-electron chi connectivity index (χ4n) is 4.60. The maximum atomic E-state index is 5.23. The summed E-state index contributed by atoms with van der Waals surface area (Å²) in [5.74, 6) is 0.427. The second kappa shape index (κ2) is 6.70. The zero-order valence-corrected chi connectivity index (χ0v) is 15.7. The average molecular weight is 352 g/mol. The van der Waals surface area contributed by atoms with Crippen molar-refractivity contribution in [2.24, 2.45) is 11.0 Å². The number of para-hydroxylation sites is 1. The van der Waals surface area contributed by atoms with Crippen LogP contribution in [0.1, 0.15) is 41.1 Å². The topological polar surface area (TPSA) is 15.6 Å². The molecular weight excluding hydrogens is 328 g/mol. The zero-order valence-electron chi connectivity index (χ0n) is 15.7. The molecule has 0 saturated heterocycles. The number of hydrazone groups is 1. The summed E-state index contributed by atoms with van der Waals surface area (Å²) >= 11 is 0. The van der Waals surface area contributed by atoms with Crippen LogP contribution in [0, 0.1) is 12.8 Å². The van der Waals surface area contributed by atoms with Gasteiger partial charge in [-0.3, -0.25) is 5.01 Å². The van der Waals surface area contributed by atoms with Crippen LogP contribution < -0.4 is 5.01 Å². The van der Waals surface area contributed by atoms with Crippen LogP contribution in [0.3, 0.4) is 0 Å². The van der Waals surface area contributed by atoms with Gasteiger partial charge in [-0.25, -0.2) is 0 Å². The molecule has 1 aliphatic carbocycles. The minimum Gasteiger partial charge on any atom is -0.257 e. The van der Waals surface area contributed by atoms with E-state index in [9.17, 15) is 0 Å². The largest absolute Gasteiger partial charge is 0.257 e. The molecular formula is C25H24N2. The summed E-state index contributed by atoms with van der Waals surface area (Å²) in [7, 11) is 0. The molecule has 2 nitrogen and oxygen atoms in total. The fraction of sp³-hybridized carbons (Fsp3) is 0.240. The lowest BCUT2D eigenvalue weighted by atomic mass is 9.85. The number of aryl methyl sites for hydroxylation is 2. The van der Waals surface area contributed by atoms with Crippen molar-refractivity contribution < 1.29 is 0 Å². The lowest BCUT2D eigenvalue weighted by Crippen LogP contribution is -2.25. The van der Waals surface area contributed by atoms with Crippen LogP contribution in [-0.4, -0.2) is 5.71 Å². The van der Waals surface area contributed by atoms with Gasteiger partial charge in [-0.2, -0.15) is 5.10 Å². The van der Waals surface area contributed by atoms with E-state index in [0.29, 0.717) is 5.92 Å². The number of anilines is 1. The molecule has 0 bridgehead atoms. The van der Waals surface area contributed by atoms with Crippen molar-refractivity contribution >= 4 is 11.4 Å². The van der Waals surface area contributed by atoms with E-state index in [1.165, 1.54) is 46.5 Å². The zero-order chi connectivity index (χ0) is 18.2. The molecule has 0 aromatic heterocycles. The van der Waals surface area contributed by atoms with Gasteiger partial charge in [0.25, 0.3) is 0 Å². The van der Waals surface area contributed by atoms with Crippen molar-refractivity contribution in [1.82, 2.24) is 0 Å². The molecule has 2 aliphatic rings. The van der Waals surface area contributed by atoms with E-state index in [4.69, 9.17) is 5.10 Å². The number of hydrogen-bond donors (Lipinski definition) is 0. The molecule has 2 atom stereocenters. The molecule has 0 saturated carbocycles. The minimum atomic E-state index is 0.259. The monoisotopic (exact) mass is 352 g/mol. The molecule has 5 rings (SSSR count). The first-order chi connectivity index (χ1) is 13.3. The third kappa shape index (κ3) is 2.86. The molecule has 1 heterocycles. The molecule has 0 radical (unpaired) electrons. The molecule has 3 aromatic rings. The molecule has 1 aliphatic heterocycles. The third-order valence-electron chi connectivity index (χ3n) is 5.88. The number of fused-ring (bicyclic) bond motifs is 3. The smallest absolute Gasteiger partial charge is 0.0860 e. The highest BCUT2D eigenvalue weighted by atomic mass is 15.5. The molecule has 0 N–H and O–H groups in total. The molecule has 27 heavy (non-hydrogen) atoms. The number of hydrogen-bond acceptors (Lipinski definition) is 2. The van der Waals surface area contributed by atoms with E-state index in [1.54, 1.807) is 0 Å². The van der Waals surface area contributed by atoms with Gasteiger partial charge in [-0.15, -0.1) is 0 Å². The Morgan fingerprint density at radius 2 is 1.63 bits per heavy atom. The molecule has 0 fully saturated rings. The first-order valence-electron chi connectivity index (χ1n) is 9.89. The Morgan fingerprint density at radius 3 is 2.41 bits per heavy atom. The van der Waals surface area contributed by atoms with Gasteiger partial charge >= 0.3 is 0 Å². The molecule has 2 heteroatoms. The lowest BCUT2D eigenvalue weighted by Gasteiger charge is -2.28. The van der Waals surface area contributed by atoms with Gasteiger partial charge in [-0.1, -0.05) is 66.2 Å². The highest BCUT2D eigenvalue weighted by Crippen LogP contribution is 2.44. The van der Waals surface area contributed by atoms with Crippen LogP contribution in [0.15, 0.2) is 84.0 Å². The van der Waals surface area contributed by atoms with Crippen molar-refractivity contribution in [1.29, 1.82) is 0 Å². The Balaban J connectivity index is 1.68. The van der Waals surface area contributed by atoms with Gasteiger partial charge in [0.2, 0.25) is 0 Å². The van der Waals surface area contributed by atoms with Crippen molar-refractivity contribution in [3.05, 3.63) is 101 Å². The Kier molecular flexibility index (Phi) is 4.05. The quantitative estimate of drug-likeness (QED) is 0.559. The van der Waals surface area contributed by atoms with Crippen LogP contribution in [0.4, 0.5) is 5.69 Å². The van der Waals surface area contributed by atoms with Crippen LogP contribution in [0.25, 0.3) is 0 Å². The van der Waals surface area contributed by atoms with E-state index in [2.05, 4.69) is 90.8 Å². The summed E-state index contributed by atoms with van der Waals surface area (Å²) < 4.78 is 0. The van der Waals surface area contributed by atoms with Crippen molar-refractivity contribution in [3.8, 4) is 0 Å². The Bertz CT molecular complexity index is 976. The molecule has 0 unspecified atom stereocenters. The van der Waals surface area contributed by atoms with Crippen molar-refractivity contribution in [2.75, 3.05) is 5.01 Å². The highest BCUT2D eigenvalue weighted by Gasteiger charge is 2.40. The Hall–Kier alpha value is -2.87. The van der Waals surface area contributed by atoms with Gasteiger partial charge < -0.3 is 0 Å². The summed E-state index contributed by atoms with van der Waals surface area (Å²) in [5.41, 5.74) is 7.90. The van der Waals surface area contributed by atoms with Gasteiger partial charge in [0.15, 0.2) is 0 Å². The second-order valence-electron chi connectivity index (χ2n) is 7.68. The number of nitrogens with zero attached hydrogens (tertiary/aromatic N) is 2. The highest BCUT2D eigenvalue weighted by molar-refractivity contribution is 6.06. The summed E-state index contributed by atoms with van der Waals surface area (Å²) in [6.07, 6.45) is 3.54. The lowest BCUT2D eigenvalue weighted by molar-refractivity contribution is 0.505. The standard InChI is InChI=1S/C25H24N2/c1-18-15-16-19-11-8-14-22-24(23(19)17-18)26-27(21-12-6-3-7-13-21)25(22)20-9-4-2-5-10-20/h2-7,9-10,12-13,15-17,22,25H,8,11,14H2,1H3/t22-,25+/m1/s1. The Morgan fingerprint density at radius 1 is 0.889 bits per heavy atom. The maximum absolute atomic E-state index is 5.23. The Labute approximate surface area is 161 Å². The van der Waals surface area contributed by atoms with E-state index in [-0.39, 0.29) is 6.04 Å². The van der Waals surface area contributed by atoms with E-state index in [0.717, 1.165) is 6.42 Å². The maximum Gasteiger partial charge on any atom is 0.0860 e. The fourth-order valence-corrected chi connectivity index (χ4v) is 4.60. The van der Waals surface area contributed by atoms with Gasteiger partial charge in [0.1, 0.15) is 0 Å². The second-order valence-corrected chi connectivity index (χ2v) is 7.68. The van der Waals surface area contributed by atoms with Gasteiger partial charge in [0, 0.05) is 11.5 Å². The SMILES string of the molecule is Cc1ccc2c(c1)C1=NN(c3ccccc3)[C@@H](c3ccccc3)[C@@H]1CCC2. The summed E-state index contributed by atoms with van der Waals surface area (Å²) in [6, 6.07) is 28.6. The van der Waals surface area contributed by atoms with Gasteiger partial charge in [0.05, 0.1) is 17.4 Å². The van der Waals surface area contributed by atoms with E-state index >= 15 is 0 Å². The molecule has 3 aromatic carbocycles. The number of rotatable bonds is 2. The van der Waals surface area contributed by atoms with E-state index < -0.39 is 0 Å². The van der Waals surface area contributed by atoms with Crippen LogP contribution >= 0.6 is 0 Å². The summed E-state index contributed by atoms with van der Waals surface area (Å²) in [4.78, 5) is 0. The third-order valence-corrected chi connectivity index (χ3v) is 5.88. The molecule has 134 valence electrons. The first kappa shape index (κ1) is 16.3. The van der Waals surface area contributed by atoms with Crippen LogP contribution in [0.2, 0.25) is 0 Å². The molecule has 0 spiro atoms. The normalized spacial score (nSPS) is 21.2. The van der Waals surface area contributed by atoms with Crippen molar-refractivity contribution in [2.45, 2.75) is 32.2 Å². The predicted molar refractivity (Wildman–Crippen MR) is 112 cm³/mol. The predicted octanol–water partition coefficient (Wildman–Crippen LogP) is 5.91. The van der Waals surface area contributed by atoms with Gasteiger partial charge in [-0.05, 0) is 55.5 Å². The summed E-state index contributed by atoms with van der Waals surface area (Å²) in [5, 5.41) is 7.49. The molecule has 0 amide bonds. The first-order valence-corrected chi connectivity index (χ1v) is 9.89. The summed E-state index contributed by atoms with van der Waals surface area (Å²) in [6.45, 7) is 2.18.